The third kappa shape index (κ3) is 1.91. The van der Waals surface area contributed by atoms with Crippen molar-refractivity contribution in [3.63, 3.8) is 0 Å². The second-order valence-electron chi connectivity index (χ2n) is 3.94. The first-order chi connectivity index (χ1) is 7.18. The molecule has 1 fully saturated rings. The molecule has 1 aromatic carbocycles. The number of rotatable bonds is 2. The summed E-state index contributed by atoms with van der Waals surface area (Å²) in [5, 5.41) is 0. The maximum Gasteiger partial charge on any atom is 0.290 e. The van der Waals surface area contributed by atoms with Crippen LogP contribution in [0.3, 0.4) is 0 Å². The standard InChI is InChI=1S/C12H13NO2/c1-9-7-13(12(15)11(9)14)8-10-5-3-2-4-6-10/h2-6,9H,7-8H2,1H3/t9-/m1/s1. The predicted octanol–water partition coefficient (Wildman–Crippen LogP) is 1.23. The zero-order valence-corrected chi connectivity index (χ0v) is 8.64. The number of amides is 1. The number of benzene rings is 1. The minimum absolute atomic E-state index is 0.152. The molecule has 1 aromatic rings. The van der Waals surface area contributed by atoms with Crippen LogP contribution in [0, 0.1) is 5.92 Å². The van der Waals surface area contributed by atoms with Crippen LogP contribution in [0.25, 0.3) is 0 Å². The molecule has 2 rings (SSSR count). The maximum atomic E-state index is 11.5. The average molecular weight is 203 g/mol. The monoisotopic (exact) mass is 203 g/mol. The first kappa shape index (κ1) is 9.90. The van der Waals surface area contributed by atoms with Crippen LogP contribution >= 0.6 is 0 Å². The van der Waals surface area contributed by atoms with Crippen molar-refractivity contribution in [2.24, 2.45) is 5.92 Å². The molecule has 0 bridgehead atoms. The molecular formula is C12H13NO2. The van der Waals surface area contributed by atoms with Crippen molar-refractivity contribution in [2.45, 2.75) is 13.5 Å². The maximum absolute atomic E-state index is 11.5. The van der Waals surface area contributed by atoms with Crippen LogP contribution in [0.15, 0.2) is 30.3 Å². The number of carbonyl (C=O) groups is 2. The normalized spacial score (nSPS) is 21.1. The molecule has 0 unspecified atom stereocenters. The average Bonchev–Trinajstić information content (AvgIpc) is 2.48. The van der Waals surface area contributed by atoms with Crippen molar-refractivity contribution in [1.29, 1.82) is 0 Å². The lowest BCUT2D eigenvalue weighted by Gasteiger charge is -2.14. The van der Waals surface area contributed by atoms with Gasteiger partial charge in [-0.3, -0.25) is 9.59 Å². The first-order valence-corrected chi connectivity index (χ1v) is 5.05. The molecule has 1 atom stereocenters. The second-order valence-corrected chi connectivity index (χ2v) is 3.94. The van der Waals surface area contributed by atoms with Gasteiger partial charge in [-0.05, 0) is 5.56 Å². The Morgan fingerprint density at radius 1 is 1.27 bits per heavy atom. The van der Waals surface area contributed by atoms with Crippen molar-refractivity contribution in [1.82, 2.24) is 4.90 Å². The van der Waals surface area contributed by atoms with E-state index in [4.69, 9.17) is 0 Å². The summed E-state index contributed by atoms with van der Waals surface area (Å²) in [4.78, 5) is 24.4. The Kier molecular flexibility index (Phi) is 2.54. The van der Waals surface area contributed by atoms with Gasteiger partial charge in [-0.25, -0.2) is 0 Å². The van der Waals surface area contributed by atoms with E-state index in [0.717, 1.165) is 5.56 Å². The molecule has 1 heterocycles. The van der Waals surface area contributed by atoms with E-state index >= 15 is 0 Å². The zero-order valence-electron chi connectivity index (χ0n) is 8.64. The number of hydrogen-bond acceptors (Lipinski definition) is 2. The molecule has 1 amide bonds. The van der Waals surface area contributed by atoms with Gasteiger partial charge in [0, 0.05) is 19.0 Å². The third-order valence-corrected chi connectivity index (χ3v) is 2.66. The number of ketones is 1. The highest BCUT2D eigenvalue weighted by molar-refractivity contribution is 6.38. The Balaban J connectivity index is 2.09. The van der Waals surface area contributed by atoms with Crippen LogP contribution in [-0.2, 0) is 16.1 Å². The lowest BCUT2D eigenvalue weighted by atomic mass is 10.1. The predicted molar refractivity (Wildman–Crippen MR) is 56.0 cm³/mol. The van der Waals surface area contributed by atoms with E-state index in [1.54, 1.807) is 11.8 Å². The second kappa shape index (κ2) is 3.85. The molecule has 78 valence electrons. The minimum Gasteiger partial charge on any atom is -0.331 e. The van der Waals surface area contributed by atoms with Gasteiger partial charge in [0.15, 0.2) is 0 Å². The molecule has 1 aliphatic rings. The molecule has 0 N–H and O–H groups in total. The van der Waals surface area contributed by atoms with Gasteiger partial charge in [-0.1, -0.05) is 37.3 Å². The highest BCUT2D eigenvalue weighted by Crippen LogP contribution is 2.16. The fourth-order valence-electron chi connectivity index (χ4n) is 1.80. The summed E-state index contributed by atoms with van der Waals surface area (Å²) in [6.45, 7) is 2.88. The topological polar surface area (TPSA) is 37.4 Å². The fraction of sp³-hybridized carbons (Fsp3) is 0.333. The van der Waals surface area contributed by atoms with Gasteiger partial charge in [0.2, 0.25) is 5.78 Å². The number of nitrogens with zero attached hydrogens (tertiary/aromatic N) is 1. The molecule has 0 aromatic heterocycles. The Labute approximate surface area is 88.7 Å². The summed E-state index contributed by atoms with van der Waals surface area (Å²) in [6, 6.07) is 9.72. The summed E-state index contributed by atoms with van der Waals surface area (Å²) in [5.41, 5.74) is 1.06. The summed E-state index contributed by atoms with van der Waals surface area (Å²) in [7, 11) is 0. The van der Waals surface area contributed by atoms with Gasteiger partial charge in [0.05, 0.1) is 0 Å². The molecule has 0 radical (unpaired) electrons. The Bertz CT molecular complexity index is 386. The lowest BCUT2D eigenvalue weighted by Crippen LogP contribution is -2.26. The summed E-state index contributed by atoms with van der Waals surface area (Å²) >= 11 is 0. The zero-order chi connectivity index (χ0) is 10.8. The molecule has 0 spiro atoms. The molecule has 0 saturated carbocycles. The first-order valence-electron chi connectivity index (χ1n) is 5.05. The quantitative estimate of drug-likeness (QED) is 0.678. The minimum atomic E-state index is -0.341. The van der Waals surface area contributed by atoms with E-state index in [9.17, 15) is 9.59 Å². The molecule has 3 heteroatoms. The summed E-state index contributed by atoms with van der Waals surface area (Å²) in [6.07, 6.45) is 0. The third-order valence-electron chi connectivity index (χ3n) is 2.66. The van der Waals surface area contributed by atoms with Crippen LogP contribution in [0.4, 0.5) is 0 Å². The largest absolute Gasteiger partial charge is 0.331 e. The lowest BCUT2D eigenvalue weighted by molar-refractivity contribution is -0.140. The van der Waals surface area contributed by atoms with Crippen LogP contribution in [0.1, 0.15) is 12.5 Å². The van der Waals surface area contributed by atoms with Gasteiger partial charge in [-0.2, -0.15) is 0 Å². The van der Waals surface area contributed by atoms with Crippen molar-refractivity contribution < 1.29 is 9.59 Å². The van der Waals surface area contributed by atoms with Crippen molar-refractivity contribution in [3.8, 4) is 0 Å². The van der Waals surface area contributed by atoms with Gasteiger partial charge in [0.25, 0.3) is 5.91 Å². The van der Waals surface area contributed by atoms with Crippen LogP contribution in [0.2, 0.25) is 0 Å². The summed E-state index contributed by atoms with van der Waals surface area (Å²) < 4.78 is 0. The van der Waals surface area contributed by atoms with Crippen LogP contribution in [0.5, 0.6) is 0 Å². The highest BCUT2D eigenvalue weighted by Gasteiger charge is 2.35. The van der Waals surface area contributed by atoms with Crippen LogP contribution in [-0.4, -0.2) is 23.1 Å². The Morgan fingerprint density at radius 2 is 1.93 bits per heavy atom. The smallest absolute Gasteiger partial charge is 0.290 e. The molecule has 15 heavy (non-hydrogen) atoms. The van der Waals surface area contributed by atoms with E-state index in [-0.39, 0.29) is 17.6 Å². The fourth-order valence-corrected chi connectivity index (χ4v) is 1.80. The van der Waals surface area contributed by atoms with E-state index in [1.165, 1.54) is 0 Å². The number of Topliss-reactive ketones (excluding diaryl/α,β-unsaturated/α-hetero) is 1. The SMILES string of the molecule is C[C@@H]1CN(Cc2ccccc2)C(=O)C1=O. The van der Waals surface area contributed by atoms with Crippen molar-refractivity contribution in [2.75, 3.05) is 6.54 Å². The van der Waals surface area contributed by atoms with Gasteiger partial charge in [-0.15, -0.1) is 0 Å². The number of hydrogen-bond donors (Lipinski definition) is 0. The molecular weight excluding hydrogens is 190 g/mol. The van der Waals surface area contributed by atoms with E-state index in [2.05, 4.69) is 0 Å². The van der Waals surface area contributed by atoms with E-state index in [1.807, 2.05) is 30.3 Å². The molecule has 1 aliphatic heterocycles. The number of likely N-dealkylation sites (tertiary alicyclic amines) is 1. The van der Waals surface area contributed by atoms with Gasteiger partial charge in [0.1, 0.15) is 0 Å². The van der Waals surface area contributed by atoms with Crippen molar-refractivity contribution >= 4 is 11.7 Å². The van der Waals surface area contributed by atoms with Gasteiger partial charge < -0.3 is 4.90 Å². The van der Waals surface area contributed by atoms with E-state index < -0.39 is 0 Å². The molecule has 0 aliphatic carbocycles. The molecule has 1 saturated heterocycles. The van der Waals surface area contributed by atoms with E-state index in [0.29, 0.717) is 13.1 Å². The Hall–Kier alpha value is -1.64. The van der Waals surface area contributed by atoms with Gasteiger partial charge >= 0.3 is 0 Å². The Morgan fingerprint density at radius 3 is 2.47 bits per heavy atom. The molecule has 3 nitrogen and oxygen atoms in total. The summed E-state index contributed by atoms with van der Waals surface area (Å²) in [5.74, 6) is -0.751. The number of carbonyl (C=O) groups excluding carboxylic acids is 2. The highest BCUT2D eigenvalue weighted by atomic mass is 16.2. The van der Waals surface area contributed by atoms with Crippen molar-refractivity contribution in [3.05, 3.63) is 35.9 Å². The van der Waals surface area contributed by atoms with Crippen LogP contribution < -0.4 is 0 Å².